The number of nitrogens with zero attached hydrogens (tertiary/aromatic N) is 1. The molecule has 0 radical (unpaired) electrons. The van der Waals surface area contributed by atoms with E-state index < -0.39 is 11.8 Å². The van der Waals surface area contributed by atoms with Crippen LogP contribution in [0.1, 0.15) is 21.5 Å². The molecule has 0 bridgehead atoms. The molecule has 1 fully saturated rings. The van der Waals surface area contributed by atoms with Crippen LogP contribution in [-0.4, -0.2) is 26.3 Å². The molecule has 0 aromatic heterocycles. The van der Waals surface area contributed by atoms with Crippen molar-refractivity contribution in [3.05, 3.63) is 68.0 Å². The van der Waals surface area contributed by atoms with Crippen molar-refractivity contribution in [1.29, 1.82) is 0 Å². The molecule has 1 aliphatic rings. The Morgan fingerprint density at radius 2 is 1.96 bits per heavy atom. The first-order valence-electron chi connectivity index (χ1n) is 7.60. The molecule has 0 aliphatic carbocycles. The highest BCUT2D eigenvalue weighted by atomic mass is 35.5. The molecule has 138 valence electrons. The Morgan fingerprint density at radius 1 is 1.22 bits per heavy atom. The molecule has 0 unspecified atom stereocenters. The number of phenols is 1. The molecule has 3 rings (SSSR count). The maximum atomic E-state index is 12.6. The summed E-state index contributed by atoms with van der Waals surface area (Å²) in [5, 5.41) is 10.9. The molecule has 0 atom stereocenters. The van der Waals surface area contributed by atoms with Crippen LogP contribution in [0.15, 0.2) is 41.3 Å². The van der Waals surface area contributed by atoms with E-state index in [1.807, 2.05) is 6.92 Å². The number of thioether (sulfide) groups is 1. The fourth-order valence-corrected chi connectivity index (χ4v) is 3.98. The van der Waals surface area contributed by atoms with E-state index in [0.29, 0.717) is 10.5 Å². The van der Waals surface area contributed by atoms with Crippen LogP contribution in [-0.2, 0) is 4.79 Å². The Morgan fingerprint density at radius 3 is 2.63 bits per heavy atom. The number of rotatable bonds is 3. The molecule has 2 N–H and O–H groups in total. The highest BCUT2D eigenvalue weighted by molar-refractivity contribution is 8.26. The first-order valence-corrected chi connectivity index (χ1v) is 9.58. The smallest absolute Gasteiger partial charge is 0.285 e. The Bertz CT molecular complexity index is 1010. The van der Waals surface area contributed by atoms with Gasteiger partial charge in [-0.2, -0.15) is 5.01 Å². The summed E-state index contributed by atoms with van der Waals surface area (Å²) in [6.45, 7) is 1.86. The second kappa shape index (κ2) is 7.90. The fourth-order valence-electron chi connectivity index (χ4n) is 2.29. The lowest BCUT2D eigenvalue weighted by atomic mass is 10.1. The summed E-state index contributed by atoms with van der Waals surface area (Å²) in [5.41, 5.74) is 4.26. The number of benzene rings is 2. The SMILES string of the molecule is Cc1ccc(C(=O)NN2C(=O)/C(=C\c3ccc(O)c(Cl)c3)SC2=S)c(Cl)c1. The lowest BCUT2D eigenvalue weighted by molar-refractivity contribution is -0.123. The van der Waals surface area contributed by atoms with Gasteiger partial charge in [0.15, 0.2) is 4.32 Å². The first-order chi connectivity index (χ1) is 12.8. The van der Waals surface area contributed by atoms with Gasteiger partial charge in [0.05, 0.1) is 20.5 Å². The van der Waals surface area contributed by atoms with Crippen LogP contribution in [0, 0.1) is 6.92 Å². The second-order valence-electron chi connectivity index (χ2n) is 5.65. The standard InChI is InChI=1S/C18H12Cl2N2O3S2/c1-9-2-4-11(12(19)6-9)16(24)21-22-17(25)15(27-18(22)26)8-10-3-5-14(23)13(20)7-10/h2-8,23H,1H3,(H,21,24)/b15-8+. The average Bonchev–Trinajstić information content (AvgIpc) is 2.85. The quantitative estimate of drug-likeness (QED) is 0.543. The van der Waals surface area contributed by atoms with Gasteiger partial charge >= 0.3 is 0 Å². The topological polar surface area (TPSA) is 69.6 Å². The molecular weight excluding hydrogens is 427 g/mol. The Hall–Kier alpha value is -2.06. The van der Waals surface area contributed by atoms with Gasteiger partial charge < -0.3 is 5.11 Å². The molecule has 0 saturated carbocycles. The normalized spacial score (nSPS) is 15.5. The zero-order valence-electron chi connectivity index (χ0n) is 13.8. The zero-order chi connectivity index (χ0) is 19.7. The van der Waals surface area contributed by atoms with Gasteiger partial charge in [0, 0.05) is 0 Å². The summed E-state index contributed by atoms with van der Waals surface area (Å²) in [5.74, 6) is -1.06. The number of carbonyl (C=O) groups is 2. The predicted octanol–water partition coefficient (Wildman–Crippen LogP) is 4.55. The van der Waals surface area contributed by atoms with E-state index in [0.717, 1.165) is 22.3 Å². The molecule has 1 heterocycles. The van der Waals surface area contributed by atoms with Crippen molar-refractivity contribution in [3.8, 4) is 5.75 Å². The summed E-state index contributed by atoms with van der Waals surface area (Å²) in [4.78, 5) is 25.4. The van der Waals surface area contributed by atoms with Crippen LogP contribution in [0.4, 0.5) is 0 Å². The Labute approximate surface area is 174 Å². The number of hydrogen-bond acceptors (Lipinski definition) is 5. The minimum Gasteiger partial charge on any atom is -0.506 e. The number of nitrogens with one attached hydrogen (secondary N) is 1. The summed E-state index contributed by atoms with van der Waals surface area (Å²) < 4.78 is 0.188. The van der Waals surface area contributed by atoms with Crippen molar-refractivity contribution in [1.82, 2.24) is 10.4 Å². The average molecular weight is 439 g/mol. The first kappa shape index (κ1) is 19.7. The number of carbonyl (C=O) groups excluding carboxylic acids is 2. The third kappa shape index (κ3) is 4.27. The number of aromatic hydroxyl groups is 1. The van der Waals surface area contributed by atoms with E-state index in [1.165, 1.54) is 12.1 Å². The number of phenolic OH excluding ortho intramolecular Hbond substituents is 1. The molecule has 27 heavy (non-hydrogen) atoms. The van der Waals surface area contributed by atoms with Crippen LogP contribution >= 0.6 is 47.2 Å². The fraction of sp³-hybridized carbons (Fsp3) is 0.0556. The molecule has 9 heteroatoms. The van der Waals surface area contributed by atoms with Crippen molar-refractivity contribution >= 4 is 69.4 Å². The van der Waals surface area contributed by atoms with E-state index in [1.54, 1.807) is 30.3 Å². The van der Waals surface area contributed by atoms with Crippen molar-refractivity contribution in [3.63, 3.8) is 0 Å². The number of aryl methyl sites for hydroxylation is 1. The lowest BCUT2D eigenvalue weighted by Crippen LogP contribution is -2.44. The van der Waals surface area contributed by atoms with Crippen LogP contribution in [0.5, 0.6) is 5.75 Å². The maximum absolute atomic E-state index is 12.6. The van der Waals surface area contributed by atoms with Crippen LogP contribution < -0.4 is 5.43 Å². The second-order valence-corrected chi connectivity index (χ2v) is 8.14. The molecule has 2 aromatic carbocycles. The van der Waals surface area contributed by atoms with E-state index in [9.17, 15) is 14.7 Å². The number of thiocarbonyl (C=S) groups is 1. The van der Waals surface area contributed by atoms with E-state index in [-0.39, 0.29) is 25.7 Å². The number of halogens is 2. The maximum Gasteiger partial charge on any atom is 0.285 e. The van der Waals surface area contributed by atoms with Gasteiger partial charge in [-0.05, 0) is 60.6 Å². The molecule has 0 spiro atoms. The van der Waals surface area contributed by atoms with Gasteiger partial charge in [0.25, 0.3) is 11.8 Å². The number of hydrazine groups is 1. The van der Waals surface area contributed by atoms with Crippen LogP contribution in [0.2, 0.25) is 10.0 Å². The largest absolute Gasteiger partial charge is 0.506 e. The highest BCUT2D eigenvalue weighted by Crippen LogP contribution is 2.33. The van der Waals surface area contributed by atoms with Gasteiger partial charge in [-0.25, -0.2) is 0 Å². The molecule has 5 nitrogen and oxygen atoms in total. The zero-order valence-corrected chi connectivity index (χ0v) is 17.0. The summed E-state index contributed by atoms with van der Waals surface area (Å²) in [7, 11) is 0. The lowest BCUT2D eigenvalue weighted by Gasteiger charge is -2.16. The van der Waals surface area contributed by atoms with Gasteiger partial charge in [-0.15, -0.1) is 0 Å². The van der Waals surface area contributed by atoms with E-state index in [4.69, 9.17) is 35.4 Å². The van der Waals surface area contributed by atoms with Crippen molar-refractivity contribution in [2.24, 2.45) is 0 Å². The third-order valence-electron chi connectivity index (χ3n) is 3.65. The Balaban J connectivity index is 1.80. The van der Waals surface area contributed by atoms with E-state index >= 15 is 0 Å². The van der Waals surface area contributed by atoms with E-state index in [2.05, 4.69) is 5.43 Å². The van der Waals surface area contributed by atoms with Gasteiger partial charge in [-0.1, -0.05) is 47.1 Å². The van der Waals surface area contributed by atoms with Crippen molar-refractivity contribution in [2.75, 3.05) is 0 Å². The van der Waals surface area contributed by atoms with Gasteiger partial charge in [-0.3, -0.25) is 15.0 Å². The number of amides is 2. The summed E-state index contributed by atoms with van der Waals surface area (Å²) >= 11 is 18.2. The molecule has 1 saturated heterocycles. The predicted molar refractivity (Wildman–Crippen MR) is 112 cm³/mol. The minimum atomic E-state index is -0.537. The van der Waals surface area contributed by atoms with Gasteiger partial charge in [0.2, 0.25) is 0 Å². The number of hydrogen-bond donors (Lipinski definition) is 2. The summed E-state index contributed by atoms with van der Waals surface area (Å²) in [6.07, 6.45) is 1.58. The van der Waals surface area contributed by atoms with Crippen molar-refractivity contribution in [2.45, 2.75) is 6.92 Å². The minimum absolute atomic E-state index is 0.0522. The van der Waals surface area contributed by atoms with Gasteiger partial charge in [0.1, 0.15) is 5.75 Å². The Kier molecular flexibility index (Phi) is 5.76. The van der Waals surface area contributed by atoms with Crippen LogP contribution in [0.25, 0.3) is 6.08 Å². The third-order valence-corrected chi connectivity index (χ3v) is 5.56. The highest BCUT2D eigenvalue weighted by Gasteiger charge is 2.34. The van der Waals surface area contributed by atoms with Crippen molar-refractivity contribution < 1.29 is 14.7 Å². The monoisotopic (exact) mass is 438 g/mol. The molecule has 1 aliphatic heterocycles. The summed E-state index contributed by atoms with van der Waals surface area (Å²) in [6, 6.07) is 9.55. The molecule has 2 amide bonds. The molecular formula is C18H12Cl2N2O3S2. The van der Waals surface area contributed by atoms with Crippen LogP contribution in [0.3, 0.4) is 0 Å². The molecule has 2 aromatic rings.